The molecular weight excluding hydrogens is 270 g/mol. The molecule has 1 N–H and O–H groups in total. The van der Waals surface area contributed by atoms with Crippen LogP contribution < -0.4 is 5.32 Å². The van der Waals surface area contributed by atoms with Gasteiger partial charge in [0.05, 0.1) is 11.7 Å². The molecule has 0 unspecified atom stereocenters. The number of methoxy groups -OCH3 is 1. The van der Waals surface area contributed by atoms with Crippen molar-refractivity contribution in [3.05, 3.63) is 35.4 Å². The van der Waals surface area contributed by atoms with Gasteiger partial charge in [-0.3, -0.25) is 4.79 Å². The zero-order valence-electron chi connectivity index (χ0n) is 12.4. The van der Waals surface area contributed by atoms with Gasteiger partial charge in [0.15, 0.2) is 0 Å². The number of esters is 1. The normalized spacial score (nSPS) is 21.0. The topological polar surface area (TPSA) is 64.6 Å². The minimum absolute atomic E-state index is 0.00740. The fourth-order valence-electron chi connectivity index (χ4n) is 2.49. The van der Waals surface area contributed by atoms with Gasteiger partial charge in [0.1, 0.15) is 6.10 Å². The monoisotopic (exact) mass is 291 g/mol. The molecule has 114 valence electrons. The molecule has 1 aliphatic rings. The fraction of sp³-hybridized carbons (Fsp3) is 0.500. The standard InChI is InChI=1S/C16H21NO4/c1-11(18)17-10-12-6-8-13(9-7-12)16(19)21-15-5-3-4-14(15)20-2/h6-9,14-15H,3-5,10H2,1-2H3,(H,17,18)/t14-,15-/m0/s1. The van der Waals surface area contributed by atoms with Crippen LogP contribution in [-0.4, -0.2) is 31.2 Å². The lowest BCUT2D eigenvalue weighted by Crippen LogP contribution is -2.27. The largest absolute Gasteiger partial charge is 0.456 e. The molecule has 0 bridgehead atoms. The summed E-state index contributed by atoms with van der Waals surface area (Å²) in [4.78, 5) is 22.9. The van der Waals surface area contributed by atoms with Gasteiger partial charge in [0.25, 0.3) is 0 Å². The molecule has 0 saturated heterocycles. The molecule has 5 heteroatoms. The number of ether oxygens (including phenoxy) is 2. The lowest BCUT2D eigenvalue weighted by atomic mass is 10.1. The Labute approximate surface area is 124 Å². The van der Waals surface area contributed by atoms with Crippen LogP contribution in [0.2, 0.25) is 0 Å². The molecule has 1 aromatic rings. The summed E-state index contributed by atoms with van der Waals surface area (Å²) in [5.41, 5.74) is 1.46. The highest BCUT2D eigenvalue weighted by molar-refractivity contribution is 5.89. The van der Waals surface area contributed by atoms with E-state index in [0.717, 1.165) is 24.8 Å². The predicted molar refractivity (Wildman–Crippen MR) is 77.8 cm³/mol. The van der Waals surface area contributed by atoms with Crippen LogP contribution in [0.15, 0.2) is 24.3 Å². The maximum Gasteiger partial charge on any atom is 0.338 e. The number of nitrogens with one attached hydrogen (secondary N) is 1. The van der Waals surface area contributed by atoms with Gasteiger partial charge in [0, 0.05) is 20.6 Å². The molecule has 0 radical (unpaired) electrons. The van der Waals surface area contributed by atoms with E-state index in [1.165, 1.54) is 6.92 Å². The zero-order valence-corrected chi connectivity index (χ0v) is 12.4. The Hall–Kier alpha value is -1.88. The van der Waals surface area contributed by atoms with Crippen LogP contribution in [0.25, 0.3) is 0 Å². The lowest BCUT2D eigenvalue weighted by molar-refractivity contribution is -0.119. The minimum Gasteiger partial charge on any atom is -0.456 e. The Balaban J connectivity index is 1.92. The Morgan fingerprint density at radius 3 is 2.48 bits per heavy atom. The van der Waals surface area contributed by atoms with Crippen LogP contribution in [0.3, 0.4) is 0 Å². The van der Waals surface area contributed by atoms with Crippen molar-refractivity contribution in [2.75, 3.05) is 7.11 Å². The molecule has 1 aliphatic carbocycles. The van der Waals surface area contributed by atoms with Gasteiger partial charge in [-0.15, -0.1) is 0 Å². The number of hydrogen-bond donors (Lipinski definition) is 1. The summed E-state index contributed by atoms with van der Waals surface area (Å²) < 4.78 is 10.8. The molecule has 1 fully saturated rings. The van der Waals surface area contributed by atoms with Crippen molar-refractivity contribution >= 4 is 11.9 Å². The van der Waals surface area contributed by atoms with Crippen LogP contribution in [0.4, 0.5) is 0 Å². The smallest absolute Gasteiger partial charge is 0.338 e. The summed E-state index contributed by atoms with van der Waals surface area (Å²) in [7, 11) is 1.65. The van der Waals surface area contributed by atoms with E-state index in [-0.39, 0.29) is 24.1 Å². The number of rotatable bonds is 5. The van der Waals surface area contributed by atoms with E-state index < -0.39 is 0 Å². The Morgan fingerprint density at radius 2 is 1.86 bits per heavy atom. The first-order valence-corrected chi connectivity index (χ1v) is 7.17. The molecule has 0 aromatic heterocycles. The summed E-state index contributed by atoms with van der Waals surface area (Å²) >= 11 is 0. The summed E-state index contributed by atoms with van der Waals surface area (Å²) in [6, 6.07) is 7.07. The van der Waals surface area contributed by atoms with Crippen molar-refractivity contribution in [2.45, 2.75) is 44.9 Å². The highest BCUT2D eigenvalue weighted by Crippen LogP contribution is 2.25. The van der Waals surface area contributed by atoms with Crippen molar-refractivity contribution < 1.29 is 19.1 Å². The van der Waals surface area contributed by atoms with E-state index in [0.29, 0.717) is 12.1 Å². The number of carbonyl (C=O) groups excluding carboxylic acids is 2. The number of hydrogen-bond acceptors (Lipinski definition) is 4. The predicted octanol–water partition coefficient (Wildman–Crippen LogP) is 2.05. The van der Waals surface area contributed by atoms with Crippen molar-refractivity contribution in [2.24, 2.45) is 0 Å². The Bertz CT molecular complexity index is 498. The SMILES string of the molecule is CO[C@H]1CCC[C@@H]1OC(=O)c1ccc(CNC(C)=O)cc1. The van der Waals surface area contributed by atoms with Gasteiger partial charge in [-0.1, -0.05) is 12.1 Å². The van der Waals surface area contributed by atoms with Crippen LogP contribution >= 0.6 is 0 Å². The van der Waals surface area contributed by atoms with Crippen molar-refractivity contribution in [3.8, 4) is 0 Å². The average molecular weight is 291 g/mol. The third-order valence-corrected chi connectivity index (χ3v) is 3.68. The molecule has 0 aliphatic heterocycles. The summed E-state index contributed by atoms with van der Waals surface area (Å²) in [6.07, 6.45) is 2.66. The molecule has 1 aromatic carbocycles. The van der Waals surface area contributed by atoms with Crippen LogP contribution in [0.5, 0.6) is 0 Å². The number of amides is 1. The average Bonchev–Trinajstić information content (AvgIpc) is 2.92. The molecule has 0 heterocycles. The molecule has 5 nitrogen and oxygen atoms in total. The third kappa shape index (κ3) is 4.29. The van der Waals surface area contributed by atoms with Gasteiger partial charge in [-0.05, 0) is 37.0 Å². The zero-order chi connectivity index (χ0) is 15.2. The summed E-state index contributed by atoms with van der Waals surface area (Å²) in [6.45, 7) is 1.93. The Morgan fingerprint density at radius 1 is 1.19 bits per heavy atom. The third-order valence-electron chi connectivity index (χ3n) is 3.68. The second-order valence-corrected chi connectivity index (χ2v) is 5.26. The first kappa shape index (κ1) is 15.5. The quantitative estimate of drug-likeness (QED) is 0.843. The molecule has 21 heavy (non-hydrogen) atoms. The molecule has 1 amide bonds. The van der Waals surface area contributed by atoms with Crippen molar-refractivity contribution in [3.63, 3.8) is 0 Å². The van der Waals surface area contributed by atoms with Gasteiger partial charge in [0.2, 0.25) is 5.91 Å². The lowest BCUT2D eigenvalue weighted by Gasteiger charge is -2.18. The molecule has 2 rings (SSSR count). The molecule has 0 spiro atoms. The van der Waals surface area contributed by atoms with Gasteiger partial charge < -0.3 is 14.8 Å². The van der Waals surface area contributed by atoms with E-state index >= 15 is 0 Å². The second kappa shape index (κ2) is 7.22. The molecule has 2 atom stereocenters. The first-order chi connectivity index (χ1) is 10.1. The van der Waals surface area contributed by atoms with Gasteiger partial charge >= 0.3 is 5.97 Å². The van der Waals surface area contributed by atoms with E-state index in [2.05, 4.69) is 5.32 Å². The van der Waals surface area contributed by atoms with Crippen LogP contribution in [0, 0.1) is 0 Å². The molecule has 1 saturated carbocycles. The van der Waals surface area contributed by atoms with Crippen molar-refractivity contribution in [1.82, 2.24) is 5.32 Å². The minimum atomic E-state index is -0.324. The van der Waals surface area contributed by atoms with Crippen LogP contribution in [-0.2, 0) is 20.8 Å². The second-order valence-electron chi connectivity index (χ2n) is 5.26. The summed E-state index contributed by atoms with van der Waals surface area (Å²) in [5, 5.41) is 2.71. The van der Waals surface area contributed by atoms with Gasteiger partial charge in [-0.25, -0.2) is 4.79 Å². The molecular formula is C16H21NO4. The summed E-state index contributed by atoms with van der Waals surface area (Å²) in [5.74, 6) is -0.402. The Kier molecular flexibility index (Phi) is 5.33. The fourth-order valence-corrected chi connectivity index (χ4v) is 2.49. The maximum absolute atomic E-state index is 12.1. The van der Waals surface area contributed by atoms with E-state index in [1.54, 1.807) is 19.2 Å². The van der Waals surface area contributed by atoms with Gasteiger partial charge in [-0.2, -0.15) is 0 Å². The maximum atomic E-state index is 12.1. The highest BCUT2D eigenvalue weighted by atomic mass is 16.6. The van der Waals surface area contributed by atoms with Crippen molar-refractivity contribution in [1.29, 1.82) is 0 Å². The first-order valence-electron chi connectivity index (χ1n) is 7.17. The van der Waals surface area contributed by atoms with Crippen LogP contribution in [0.1, 0.15) is 42.1 Å². The number of carbonyl (C=O) groups is 2. The highest BCUT2D eigenvalue weighted by Gasteiger charge is 2.30. The van der Waals surface area contributed by atoms with E-state index in [1.807, 2.05) is 12.1 Å². The van der Waals surface area contributed by atoms with E-state index in [4.69, 9.17) is 9.47 Å². The van der Waals surface area contributed by atoms with E-state index in [9.17, 15) is 9.59 Å². The number of benzene rings is 1.